The summed E-state index contributed by atoms with van der Waals surface area (Å²) in [4.78, 5) is 23.3. The van der Waals surface area contributed by atoms with E-state index in [0.29, 0.717) is 0 Å². The number of benzene rings is 1. The molecule has 22 heavy (non-hydrogen) atoms. The van der Waals surface area contributed by atoms with Crippen LogP contribution in [0.3, 0.4) is 0 Å². The lowest BCUT2D eigenvalue weighted by Gasteiger charge is -2.15. The molecule has 1 aromatic rings. The molecule has 0 aliphatic carbocycles. The molecule has 2 heterocycles. The fraction of sp³-hybridized carbons (Fsp3) is 0.286. The molecule has 1 aromatic carbocycles. The molecule has 0 saturated carbocycles. The van der Waals surface area contributed by atoms with Gasteiger partial charge in [-0.1, -0.05) is 23.3 Å². The first-order valence-electron chi connectivity index (χ1n) is 6.69. The van der Waals surface area contributed by atoms with Crippen LogP contribution in [-0.2, 0) is 14.3 Å². The predicted octanol–water partition coefficient (Wildman–Crippen LogP) is 1.23. The molecule has 1 saturated heterocycles. The molecule has 1 fully saturated rings. The van der Waals surface area contributed by atoms with E-state index in [1.54, 1.807) is 11.8 Å². The molecule has 0 radical (unpaired) electrons. The van der Waals surface area contributed by atoms with Gasteiger partial charge in [-0.3, -0.25) is 14.9 Å². The second-order valence-corrected chi connectivity index (χ2v) is 5.88. The van der Waals surface area contributed by atoms with Crippen molar-refractivity contribution in [2.45, 2.75) is 23.8 Å². The molecule has 2 aliphatic rings. The molecule has 7 nitrogen and oxygen atoms in total. The zero-order valence-corrected chi connectivity index (χ0v) is 12.3. The summed E-state index contributed by atoms with van der Waals surface area (Å²) >= 11 is 1.76. The van der Waals surface area contributed by atoms with Gasteiger partial charge in [0.05, 0.1) is 12.1 Å². The molecule has 2 N–H and O–H groups in total. The number of hydrogen-bond donors (Lipinski definition) is 2. The van der Waals surface area contributed by atoms with Gasteiger partial charge < -0.3 is 9.84 Å². The summed E-state index contributed by atoms with van der Waals surface area (Å²) in [5.74, 6) is -0.706. The minimum Gasteiger partial charge on any atom is -0.481 e. The van der Waals surface area contributed by atoms with Crippen molar-refractivity contribution in [3.8, 4) is 0 Å². The normalized spacial score (nSPS) is 24.0. The maximum absolute atomic E-state index is 11.5. The van der Waals surface area contributed by atoms with Gasteiger partial charge in [0.1, 0.15) is 0 Å². The van der Waals surface area contributed by atoms with Crippen LogP contribution in [0.25, 0.3) is 0 Å². The van der Waals surface area contributed by atoms with Gasteiger partial charge in [0, 0.05) is 22.6 Å². The molecule has 8 heteroatoms. The number of rotatable bonds is 3. The van der Waals surface area contributed by atoms with Crippen molar-refractivity contribution in [2.75, 3.05) is 5.75 Å². The Morgan fingerprint density at radius 1 is 1.41 bits per heavy atom. The van der Waals surface area contributed by atoms with E-state index in [-0.39, 0.29) is 6.02 Å². The third kappa shape index (κ3) is 3.11. The third-order valence-corrected chi connectivity index (χ3v) is 4.27. The van der Waals surface area contributed by atoms with Gasteiger partial charge in [0.2, 0.25) is 0 Å². The molecule has 1 amide bonds. The van der Waals surface area contributed by atoms with Crippen molar-refractivity contribution in [2.24, 2.45) is 10.2 Å². The van der Waals surface area contributed by atoms with Crippen molar-refractivity contribution in [1.82, 2.24) is 5.32 Å². The van der Waals surface area contributed by atoms with Crippen molar-refractivity contribution < 1.29 is 19.4 Å². The number of fused-ring (bicyclic) bond motifs is 1. The number of thioether (sulfide) groups is 1. The summed E-state index contributed by atoms with van der Waals surface area (Å²) < 4.78 is 5.16. The highest BCUT2D eigenvalue weighted by Crippen LogP contribution is 2.30. The van der Waals surface area contributed by atoms with E-state index >= 15 is 0 Å². The van der Waals surface area contributed by atoms with E-state index in [0.717, 1.165) is 28.3 Å². The molecule has 2 aliphatic heterocycles. The van der Waals surface area contributed by atoms with Crippen LogP contribution in [0.1, 0.15) is 18.4 Å². The number of amides is 1. The number of nitrogens with one attached hydrogen (secondary N) is 1. The second kappa shape index (κ2) is 6.18. The molecule has 0 bridgehead atoms. The second-order valence-electron chi connectivity index (χ2n) is 4.74. The lowest BCUT2D eigenvalue weighted by Crippen LogP contribution is -2.26. The highest BCUT2D eigenvalue weighted by molar-refractivity contribution is 7.99. The number of carbonyl (C=O) groups is 2. The van der Waals surface area contributed by atoms with E-state index in [2.05, 4.69) is 15.5 Å². The zero-order chi connectivity index (χ0) is 15.5. The van der Waals surface area contributed by atoms with Crippen LogP contribution in [-0.4, -0.2) is 40.6 Å². The minimum absolute atomic E-state index is 0.0561. The highest BCUT2D eigenvalue weighted by Gasteiger charge is 2.33. The molecule has 0 spiro atoms. The number of ether oxygens (including phenoxy) is 1. The van der Waals surface area contributed by atoms with Gasteiger partial charge in [-0.05, 0) is 6.07 Å². The molecule has 114 valence electrons. The molecule has 1 unspecified atom stereocenters. The predicted molar refractivity (Wildman–Crippen MR) is 81.0 cm³/mol. The van der Waals surface area contributed by atoms with Gasteiger partial charge in [0.25, 0.3) is 5.91 Å². The Balaban J connectivity index is 1.77. The van der Waals surface area contributed by atoms with Crippen LogP contribution in [0.5, 0.6) is 0 Å². The largest absolute Gasteiger partial charge is 0.481 e. The average molecular weight is 319 g/mol. The number of nitrogens with zero attached hydrogens (tertiary/aromatic N) is 2. The SMILES string of the molecule is O=C(O)CC1OC(=NN=C2CCSc3ccccc32)NC1=O. The average Bonchev–Trinajstić information content (AvgIpc) is 2.84. The van der Waals surface area contributed by atoms with Crippen LogP contribution in [0.15, 0.2) is 39.4 Å². The summed E-state index contributed by atoms with van der Waals surface area (Å²) in [5.41, 5.74) is 1.84. The quantitative estimate of drug-likeness (QED) is 0.816. The summed E-state index contributed by atoms with van der Waals surface area (Å²) in [7, 11) is 0. The monoisotopic (exact) mass is 319 g/mol. The van der Waals surface area contributed by atoms with E-state index in [1.165, 1.54) is 0 Å². The lowest BCUT2D eigenvalue weighted by atomic mass is 10.1. The van der Waals surface area contributed by atoms with Crippen molar-refractivity contribution in [1.29, 1.82) is 0 Å². The Kier molecular flexibility index (Phi) is 4.10. The zero-order valence-electron chi connectivity index (χ0n) is 11.5. The van der Waals surface area contributed by atoms with Crippen molar-refractivity contribution >= 4 is 35.4 Å². The van der Waals surface area contributed by atoms with E-state index in [1.807, 2.05) is 24.3 Å². The fourth-order valence-electron chi connectivity index (χ4n) is 2.18. The van der Waals surface area contributed by atoms with Crippen LogP contribution >= 0.6 is 11.8 Å². The highest BCUT2D eigenvalue weighted by atomic mass is 32.2. The Hall–Kier alpha value is -2.35. The standard InChI is InChI=1S/C14H13N3O4S/c18-12(19)7-10-13(20)15-14(21-10)17-16-9-5-6-22-11-4-2-1-3-8(9)11/h1-4,10H,5-7H2,(H,18,19)(H,15,17,20). The molecular formula is C14H13N3O4S. The summed E-state index contributed by atoms with van der Waals surface area (Å²) in [6.07, 6.45) is -0.683. The van der Waals surface area contributed by atoms with Crippen LogP contribution in [0, 0.1) is 0 Å². The number of carbonyl (C=O) groups excluding carboxylic acids is 1. The molecular weight excluding hydrogens is 306 g/mol. The summed E-state index contributed by atoms with van der Waals surface area (Å²) in [6, 6.07) is 7.85. The van der Waals surface area contributed by atoms with Gasteiger partial charge >= 0.3 is 12.0 Å². The van der Waals surface area contributed by atoms with E-state index in [4.69, 9.17) is 9.84 Å². The van der Waals surface area contributed by atoms with Gasteiger partial charge in [0.15, 0.2) is 6.10 Å². The number of aliphatic carboxylic acids is 1. The van der Waals surface area contributed by atoms with Crippen LogP contribution in [0.2, 0.25) is 0 Å². The first kappa shape index (κ1) is 14.6. The maximum atomic E-state index is 11.5. The molecule has 0 aromatic heterocycles. The Bertz CT molecular complexity index is 686. The third-order valence-electron chi connectivity index (χ3n) is 3.19. The maximum Gasteiger partial charge on any atom is 0.316 e. The minimum atomic E-state index is -1.11. The molecule has 1 atom stereocenters. The van der Waals surface area contributed by atoms with Crippen LogP contribution in [0.4, 0.5) is 0 Å². The topological polar surface area (TPSA) is 100 Å². The van der Waals surface area contributed by atoms with Gasteiger partial charge in [-0.2, -0.15) is 0 Å². The Labute approximate surface area is 130 Å². The Morgan fingerprint density at radius 2 is 2.23 bits per heavy atom. The van der Waals surface area contributed by atoms with E-state index < -0.39 is 24.4 Å². The van der Waals surface area contributed by atoms with Gasteiger partial charge in [-0.15, -0.1) is 16.9 Å². The Morgan fingerprint density at radius 3 is 3.05 bits per heavy atom. The smallest absolute Gasteiger partial charge is 0.316 e. The number of carboxylic acids is 1. The van der Waals surface area contributed by atoms with Crippen molar-refractivity contribution in [3.05, 3.63) is 29.8 Å². The van der Waals surface area contributed by atoms with E-state index in [9.17, 15) is 9.59 Å². The summed E-state index contributed by atoms with van der Waals surface area (Å²) in [6.45, 7) is 0. The first-order chi connectivity index (χ1) is 10.6. The first-order valence-corrected chi connectivity index (χ1v) is 7.68. The number of hydrogen-bond acceptors (Lipinski definition) is 6. The molecule has 3 rings (SSSR count). The summed E-state index contributed by atoms with van der Waals surface area (Å²) in [5, 5.41) is 19.1. The fourth-order valence-corrected chi connectivity index (χ4v) is 3.21. The lowest BCUT2D eigenvalue weighted by molar-refractivity contribution is -0.141. The van der Waals surface area contributed by atoms with Gasteiger partial charge in [-0.25, -0.2) is 0 Å². The van der Waals surface area contributed by atoms with Crippen LogP contribution < -0.4 is 5.32 Å². The number of carboxylic acid groups (broad SMARTS) is 1. The van der Waals surface area contributed by atoms with Crippen molar-refractivity contribution in [3.63, 3.8) is 0 Å². The number of amidine groups is 1.